The summed E-state index contributed by atoms with van der Waals surface area (Å²) >= 11 is 0. The molecule has 0 saturated heterocycles. The maximum Gasteiger partial charge on any atom is 0.351 e. The maximum absolute atomic E-state index is 12.9. The van der Waals surface area contributed by atoms with Crippen molar-refractivity contribution < 1.29 is 33.4 Å². The first kappa shape index (κ1) is 45.0. The molecule has 324 valence electrons. The van der Waals surface area contributed by atoms with Gasteiger partial charge in [-0.2, -0.15) is 0 Å². The van der Waals surface area contributed by atoms with Crippen molar-refractivity contribution in [3.8, 4) is 39.7 Å². The molecular formula is C51H58N4O7. The lowest BCUT2D eigenvalue weighted by molar-refractivity contribution is -0.167. The van der Waals surface area contributed by atoms with Gasteiger partial charge in [0.25, 0.3) is 0 Å². The summed E-state index contributed by atoms with van der Waals surface area (Å²) in [7, 11) is 0. The van der Waals surface area contributed by atoms with Crippen LogP contribution in [0, 0.1) is 0 Å². The number of benzene rings is 4. The molecule has 0 saturated carbocycles. The van der Waals surface area contributed by atoms with Crippen LogP contribution in [0.5, 0.6) is 5.75 Å². The van der Waals surface area contributed by atoms with Crippen LogP contribution in [-0.4, -0.2) is 57.4 Å². The van der Waals surface area contributed by atoms with Gasteiger partial charge in [-0.3, -0.25) is 4.79 Å². The monoisotopic (exact) mass is 838 g/mol. The van der Waals surface area contributed by atoms with Gasteiger partial charge in [0, 0.05) is 29.2 Å². The van der Waals surface area contributed by atoms with Crippen LogP contribution in [0.15, 0.2) is 108 Å². The van der Waals surface area contributed by atoms with Crippen LogP contribution in [0.1, 0.15) is 109 Å². The molecule has 6 rings (SSSR count). The van der Waals surface area contributed by atoms with E-state index in [2.05, 4.69) is 46.6 Å². The van der Waals surface area contributed by atoms with Crippen molar-refractivity contribution in [2.75, 3.05) is 6.61 Å². The molecule has 0 fully saturated rings. The first-order valence-electron chi connectivity index (χ1n) is 21.3. The molecule has 0 spiro atoms. The minimum Gasteiger partial charge on any atom is -0.482 e. The van der Waals surface area contributed by atoms with Crippen LogP contribution < -0.4 is 10.1 Å². The summed E-state index contributed by atoms with van der Waals surface area (Å²) in [6, 6.07) is 31.4. The van der Waals surface area contributed by atoms with Crippen LogP contribution in [0.3, 0.4) is 0 Å². The number of carbonyl (C=O) groups excluding carboxylic acids is 3. The second-order valence-corrected chi connectivity index (χ2v) is 17.5. The van der Waals surface area contributed by atoms with Crippen molar-refractivity contribution in [3.63, 3.8) is 0 Å². The zero-order valence-electron chi connectivity index (χ0n) is 37.0. The Balaban J connectivity index is 1.18. The second kappa shape index (κ2) is 19.9. The minimum atomic E-state index is -0.788. The van der Waals surface area contributed by atoms with E-state index in [1.807, 2.05) is 109 Å². The fourth-order valence-corrected chi connectivity index (χ4v) is 6.84. The molecule has 1 aliphatic rings. The fourth-order valence-electron chi connectivity index (χ4n) is 6.84. The third-order valence-electron chi connectivity index (χ3n) is 9.97. The Kier molecular flexibility index (Phi) is 14.5. The summed E-state index contributed by atoms with van der Waals surface area (Å²) in [5.41, 5.74) is 7.56. The number of oxime groups is 1. The molecule has 62 heavy (non-hydrogen) atoms. The standard InChI is InChI=1S/C51H58N4O7/c1-9-10-11-12-34-13-18-36(19-14-34)33(2)52-44(56)30-17-35-15-20-38(21-16-35)46-47(39-26-28-41(29-27-39)59-32-45(57)60-50(3,4)5)54-48(53-46)40-24-22-37(23-25-40)42-31-43(62-55-42)49(58)61-51(6,7)8/h13-30,33,43H,9-12,31-32H2,1-8H3,(H,52,56)(H,53,54). The van der Waals surface area contributed by atoms with E-state index in [4.69, 9.17) is 24.0 Å². The van der Waals surface area contributed by atoms with E-state index in [1.54, 1.807) is 24.3 Å². The van der Waals surface area contributed by atoms with Gasteiger partial charge in [0.05, 0.1) is 23.1 Å². The van der Waals surface area contributed by atoms with Crippen LogP contribution in [0.4, 0.5) is 0 Å². The van der Waals surface area contributed by atoms with Gasteiger partial charge in [-0.05, 0) is 114 Å². The number of aromatic amines is 1. The molecule has 11 heteroatoms. The number of hydrogen-bond donors (Lipinski definition) is 2. The largest absolute Gasteiger partial charge is 0.482 e. The lowest BCUT2D eigenvalue weighted by Gasteiger charge is -2.20. The number of amides is 1. The molecule has 5 aromatic rings. The summed E-state index contributed by atoms with van der Waals surface area (Å²) in [5, 5.41) is 7.26. The van der Waals surface area contributed by atoms with E-state index in [-0.39, 0.29) is 18.6 Å². The van der Waals surface area contributed by atoms with E-state index < -0.39 is 29.2 Å². The van der Waals surface area contributed by atoms with E-state index in [0.717, 1.165) is 45.5 Å². The summed E-state index contributed by atoms with van der Waals surface area (Å²) in [4.78, 5) is 51.8. The molecule has 2 N–H and O–H groups in total. The Bertz CT molecular complexity index is 2370. The molecule has 0 radical (unpaired) electrons. The van der Waals surface area contributed by atoms with Gasteiger partial charge in [-0.15, -0.1) is 0 Å². The zero-order valence-corrected chi connectivity index (χ0v) is 37.0. The maximum atomic E-state index is 12.9. The molecule has 0 aliphatic carbocycles. The highest BCUT2D eigenvalue weighted by molar-refractivity contribution is 6.03. The number of imidazole rings is 1. The predicted molar refractivity (Wildman–Crippen MR) is 243 cm³/mol. The number of rotatable bonds is 16. The molecule has 2 atom stereocenters. The molecule has 2 heterocycles. The van der Waals surface area contributed by atoms with Gasteiger partial charge in [-0.1, -0.05) is 97.7 Å². The van der Waals surface area contributed by atoms with E-state index in [9.17, 15) is 14.4 Å². The van der Waals surface area contributed by atoms with Crippen molar-refractivity contribution in [1.29, 1.82) is 0 Å². The smallest absolute Gasteiger partial charge is 0.351 e. The first-order chi connectivity index (χ1) is 29.5. The molecule has 1 amide bonds. The minimum absolute atomic E-state index is 0.129. The Morgan fingerprint density at radius 1 is 0.806 bits per heavy atom. The van der Waals surface area contributed by atoms with Gasteiger partial charge in [-0.25, -0.2) is 14.6 Å². The predicted octanol–water partition coefficient (Wildman–Crippen LogP) is 10.6. The van der Waals surface area contributed by atoms with Gasteiger partial charge >= 0.3 is 11.9 Å². The number of hydrogen-bond acceptors (Lipinski definition) is 9. The van der Waals surface area contributed by atoms with Crippen LogP contribution in [-0.2, 0) is 35.1 Å². The average molecular weight is 839 g/mol. The molecule has 1 aliphatic heterocycles. The third-order valence-corrected chi connectivity index (χ3v) is 9.97. The molecule has 2 unspecified atom stereocenters. The Morgan fingerprint density at radius 3 is 2.08 bits per heavy atom. The highest BCUT2D eigenvalue weighted by atomic mass is 16.7. The number of H-pyrrole nitrogens is 1. The van der Waals surface area contributed by atoms with E-state index in [1.165, 1.54) is 24.8 Å². The zero-order chi connectivity index (χ0) is 44.4. The Hall–Kier alpha value is -6.49. The number of nitrogens with one attached hydrogen (secondary N) is 2. The van der Waals surface area contributed by atoms with Crippen molar-refractivity contribution >= 4 is 29.6 Å². The lowest BCUT2D eigenvalue weighted by atomic mass is 10.0. The van der Waals surface area contributed by atoms with E-state index in [0.29, 0.717) is 29.4 Å². The highest BCUT2D eigenvalue weighted by Crippen LogP contribution is 2.35. The van der Waals surface area contributed by atoms with Crippen molar-refractivity contribution in [2.45, 2.75) is 111 Å². The molecular weight excluding hydrogens is 781 g/mol. The summed E-state index contributed by atoms with van der Waals surface area (Å²) in [5.74, 6) is 0.0956. The fraction of sp³-hybridized carbons (Fsp3) is 0.353. The van der Waals surface area contributed by atoms with Crippen molar-refractivity contribution in [1.82, 2.24) is 15.3 Å². The normalized spacial score (nSPS) is 14.5. The van der Waals surface area contributed by atoms with Crippen molar-refractivity contribution in [2.24, 2.45) is 5.16 Å². The van der Waals surface area contributed by atoms with Gasteiger partial charge in [0.15, 0.2) is 6.61 Å². The number of esters is 2. The number of carbonyl (C=O) groups is 3. The Labute approximate surface area is 364 Å². The topological polar surface area (TPSA) is 141 Å². The third kappa shape index (κ3) is 12.8. The SMILES string of the molecule is CCCCCc1ccc(C(C)NC(=O)C=Cc2ccc(-c3[nH]c(-c4ccc(C5=NOC(C(=O)OC(C)(C)C)C5)cc4)nc3-c3ccc(OCC(=O)OC(C)(C)C)cc3)cc2)cc1. The number of unbranched alkanes of at least 4 members (excludes halogenated alkanes) is 2. The summed E-state index contributed by atoms with van der Waals surface area (Å²) in [6.45, 7) is 14.9. The van der Waals surface area contributed by atoms with E-state index >= 15 is 0 Å². The van der Waals surface area contributed by atoms with Gasteiger partial charge < -0.3 is 29.3 Å². The van der Waals surface area contributed by atoms with Crippen molar-refractivity contribution in [3.05, 3.63) is 125 Å². The molecule has 4 aromatic carbocycles. The first-order valence-corrected chi connectivity index (χ1v) is 21.3. The number of nitrogens with zero attached hydrogens (tertiary/aromatic N) is 2. The molecule has 1 aromatic heterocycles. The average Bonchev–Trinajstić information content (AvgIpc) is 3.91. The Morgan fingerprint density at radius 2 is 1.44 bits per heavy atom. The second-order valence-electron chi connectivity index (χ2n) is 17.5. The molecule has 11 nitrogen and oxygen atoms in total. The molecule has 0 bridgehead atoms. The van der Waals surface area contributed by atoms with Crippen LogP contribution >= 0.6 is 0 Å². The summed E-state index contributed by atoms with van der Waals surface area (Å²) < 4.78 is 16.6. The number of aryl methyl sites for hydroxylation is 1. The lowest BCUT2D eigenvalue weighted by Crippen LogP contribution is -2.32. The highest BCUT2D eigenvalue weighted by Gasteiger charge is 2.33. The van der Waals surface area contributed by atoms with Crippen LogP contribution in [0.2, 0.25) is 0 Å². The van der Waals surface area contributed by atoms with Gasteiger partial charge in [0.1, 0.15) is 22.8 Å². The quantitative estimate of drug-likeness (QED) is 0.0568. The summed E-state index contributed by atoms with van der Waals surface area (Å²) in [6.07, 6.45) is 7.57. The van der Waals surface area contributed by atoms with Crippen LogP contribution in [0.25, 0.3) is 40.0 Å². The van der Waals surface area contributed by atoms with Gasteiger partial charge in [0.2, 0.25) is 12.0 Å². The number of aromatic nitrogens is 2. The number of ether oxygens (including phenoxy) is 3.